The number of fused-ring (bicyclic) bond motifs is 6. The molecule has 8 nitrogen and oxygen atoms in total. The van der Waals surface area contributed by atoms with Crippen molar-refractivity contribution in [2.45, 2.75) is 148 Å². The van der Waals surface area contributed by atoms with Crippen molar-refractivity contribution >= 4 is 24.2 Å². The molecule has 0 aliphatic heterocycles. The van der Waals surface area contributed by atoms with E-state index in [4.69, 9.17) is 0 Å². The molecule has 6 fully saturated rings. The summed E-state index contributed by atoms with van der Waals surface area (Å²) in [7, 11) is 0. The van der Waals surface area contributed by atoms with Gasteiger partial charge in [-0.05, 0) is 175 Å². The normalized spacial score (nSPS) is 51.7. The Kier molecular flexibility index (Phi) is 8.63. The van der Waals surface area contributed by atoms with E-state index in [1.165, 1.54) is 0 Å². The predicted molar refractivity (Wildman–Crippen MR) is 230 cm³/mol. The molecule has 0 radical (unpaired) electrons. The predicted octanol–water partition coefficient (Wildman–Crippen LogP) is 5.23. The first-order valence-corrected chi connectivity index (χ1v) is 23.8. The topological polar surface area (TPSA) is 156 Å². The van der Waals surface area contributed by atoms with Gasteiger partial charge in [-0.2, -0.15) is 0 Å². The van der Waals surface area contributed by atoms with Crippen LogP contribution in [0.5, 0.6) is 0 Å². The van der Waals surface area contributed by atoms with Crippen LogP contribution in [0.15, 0.2) is 35.9 Å². The minimum absolute atomic E-state index is 0.0654. The molecule has 11 aliphatic rings. The maximum absolute atomic E-state index is 16.2. The summed E-state index contributed by atoms with van der Waals surface area (Å²) in [5.41, 5.74) is -3.64. The summed E-state index contributed by atoms with van der Waals surface area (Å²) >= 11 is 0. The van der Waals surface area contributed by atoms with E-state index in [0.717, 1.165) is 73.7 Å². The first kappa shape index (κ1) is 40.8. The van der Waals surface area contributed by atoms with Gasteiger partial charge in [0.05, 0.1) is 35.9 Å². The van der Waals surface area contributed by atoms with Gasteiger partial charge in [0.15, 0.2) is 12.1 Å². The number of benzene rings is 1. The van der Waals surface area contributed by atoms with Crippen LogP contribution in [0.25, 0.3) is 12.2 Å². The van der Waals surface area contributed by atoms with Crippen LogP contribution >= 0.6 is 0 Å². The SMILES string of the molecule is C[C@@H](O)c1cc(C=O)c2c(c1)=C[C@H]1[C@@H](C=2)CC[C@@]23CC[C@@H]4[C@](C)([C@H](O)CO)[C@@H](O)CC[C@]41[C@H]2C(=O)C=C1[C@H]2C[C@@]4(C)CCC#C[C@H](O)[C@]25[C@@]2(CCC[C@H]2C=C[C@]5(O)C[C@]13C)C4. The Morgan fingerprint density at radius 3 is 2.49 bits per heavy atom. The van der Waals surface area contributed by atoms with E-state index in [9.17, 15) is 35.4 Å². The van der Waals surface area contributed by atoms with Crippen LogP contribution in [0.1, 0.15) is 140 Å². The highest BCUT2D eigenvalue weighted by molar-refractivity contribution is 5.96. The summed E-state index contributed by atoms with van der Waals surface area (Å²) in [6.07, 6.45) is 18.2. The van der Waals surface area contributed by atoms with Crippen LogP contribution in [0.3, 0.4) is 0 Å². The molecule has 326 valence electrons. The molecular formula is C53H66O8. The van der Waals surface area contributed by atoms with Crippen molar-refractivity contribution in [1.82, 2.24) is 0 Å². The molecule has 18 atom stereocenters. The Hall–Kier alpha value is -2.90. The third-order valence-corrected chi connectivity index (χ3v) is 21.3. The van der Waals surface area contributed by atoms with E-state index in [1.54, 1.807) is 13.0 Å². The van der Waals surface area contributed by atoms with Gasteiger partial charge in [-0.25, -0.2) is 0 Å². The average Bonchev–Trinajstić information content (AvgIpc) is 3.64. The van der Waals surface area contributed by atoms with Crippen molar-refractivity contribution in [3.05, 3.63) is 57.5 Å². The zero-order valence-electron chi connectivity index (χ0n) is 36.5. The second kappa shape index (κ2) is 12.9. The average molecular weight is 831 g/mol. The second-order valence-corrected chi connectivity index (χ2v) is 23.2. The van der Waals surface area contributed by atoms with E-state index < -0.39 is 69.6 Å². The number of hydrogen-bond acceptors (Lipinski definition) is 8. The number of aldehydes is 1. The van der Waals surface area contributed by atoms with Gasteiger partial charge in [0.25, 0.3) is 0 Å². The Labute approximate surface area is 360 Å². The highest BCUT2D eigenvalue weighted by Gasteiger charge is 2.83. The highest BCUT2D eigenvalue weighted by atomic mass is 16.3. The molecule has 12 rings (SSSR count). The van der Waals surface area contributed by atoms with Gasteiger partial charge in [-0.1, -0.05) is 63.0 Å². The lowest BCUT2D eigenvalue weighted by molar-refractivity contribution is -0.294. The van der Waals surface area contributed by atoms with Gasteiger partial charge in [-0.15, -0.1) is 5.92 Å². The van der Waals surface area contributed by atoms with Crippen molar-refractivity contribution in [3.8, 4) is 11.8 Å². The molecule has 0 unspecified atom stereocenters. The van der Waals surface area contributed by atoms with Crippen LogP contribution in [-0.2, 0) is 4.79 Å². The summed E-state index contributed by atoms with van der Waals surface area (Å²) in [4.78, 5) is 29.0. The van der Waals surface area contributed by atoms with Crippen LogP contribution in [0.2, 0.25) is 0 Å². The van der Waals surface area contributed by atoms with Gasteiger partial charge < -0.3 is 30.6 Å². The molecule has 6 saturated carbocycles. The fraction of sp³-hybridized carbons (Fsp3) is 0.698. The Balaban J connectivity index is 1.19. The molecule has 11 aliphatic carbocycles. The van der Waals surface area contributed by atoms with Crippen LogP contribution in [0.4, 0.5) is 0 Å². The van der Waals surface area contributed by atoms with Crippen molar-refractivity contribution in [2.75, 3.05) is 6.61 Å². The molecule has 0 amide bonds. The molecule has 1 aromatic rings. The van der Waals surface area contributed by atoms with E-state index in [2.05, 4.69) is 50.0 Å². The molecule has 6 N–H and O–H groups in total. The zero-order chi connectivity index (χ0) is 42.9. The Morgan fingerprint density at radius 2 is 1.74 bits per heavy atom. The number of carbonyl (C=O) groups excluding carboxylic acids is 2. The quantitative estimate of drug-likeness (QED) is 0.137. The monoisotopic (exact) mass is 830 g/mol. The maximum atomic E-state index is 16.2. The molecule has 0 aromatic heterocycles. The minimum atomic E-state index is -1.39. The molecule has 4 bridgehead atoms. The lowest BCUT2D eigenvalue weighted by Gasteiger charge is -2.78. The van der Waals surface area contributed by atoms with Crippen molar-refractivity contribution in [2.24, 2.45) is 73.4 Å². The van der Waals surface area contributed by atoms with E-state index in [1.807, 2.05) is 19.1 Å². The van der Waals surface area contributed by atoms with Gasteiger partial charge in [0.1, 0.15) is 6.10 Å². The summed E-state index contributed by atoms with van der Waals surface area (Å²) in [6, 6.07) is 3.76. The standard InChI is InChI=1S/C53H66O8/c1-30(56)32-20-33-23-37-31(22-36(33)34(21-32)26-54)10-16-49-17-12-41-48(4,44(60)27-55)42(58)13-19-52(37,41)45(49)40(57)24-38-39-25-46(2)14-6-5-9-43(59)53(39)50(28-46)15-7-8-35(50)11-18-51(53,61)29-47(38,49)3/h11,18,20-24,26,30-31,35,37,39,41-45,55-56,58-61H,6-8,10,12-17,19,25,27-29H2,1-4H3/t30-,31-,35+,37+,39-,41-,42+,43+,44-,45+,46-,47-,48+,49-,50+,51+,52-,53+/m1/s1. The van der Waals surface area contributed by atoms with Crippen molar-refractivity contribution in [3.63, 3.8) is 0 Å². The fourth-order valence-corrected chi connectivity index (χ4v) is 19.2. The Morgan fingerprint density at radius 1 is 0.951 bits per heavy atom. The van der Waals surface area contributed by atoms with E-state index in [0.29, 0.717) is 49.7 Å². The van der Waals surface area contributed by atoms with Gasteiger partial charge in [-0.3, -0.25) is 9.59 Å². The number of rotatable bonds is 4. The molecule has 0 saturated heterocycles. The summed E-state index contributed by atoms with van der Waals surface area (Å²) < 4.78 is 0. The first-order valence-electron chi connectivity index (χ1n) is 23.8. The van der Waals surface area contributed by atoms with Crippen molar-refractivity contribution < 1.29 is 40.2 Å². The molecule has 1 aromatic carbocycles. The molecule has 3 spiro atoms. The molecular weight excluding hydrogens is 765 g/mol. The Bertz CT molecular complexity index is 2370. The first-order chi connectivity index (χ1) is 28.9. The number of aliphatic hydroxyl groups excluding tert-OH is 5. The van der Waals surface area contributed by atoms with Crippen LogP contribution < -0.4 is 10.4 Å². The maximum Gasteiger partial charge on any atom is 0.159 e. The molecule has 61 heavy (non-hydrogen) atoms. The summed E-state index contributed by atoms with van der Waals surface area (Å²) in [5, 5.41) is 74.0. The summed E-state index contributed by atoms with van der Waals surface area (Å²) in [5.74, 6) is 5.68. The third kappa shape index (κ3) is 4.60. The van der Waals surface area contributed by atoms with Gasteiger partial charge in [0.2, 0.25) is 0 Å². The molecule has 8 heteroatoms. The van der Waals surface area contributed by atoms with Crippen LogP contribution in [0, 0.1) is 85.3 Å². The number of carbonyl (C=O) groups is 2. The van der Waals surface area contributed by atoms with Crippen LogP contribution in [-0.4, -0.2) is 73.2 Å². The van der Waals surface area contributed by atoms with Crippen molar-refractivity contribution in [1.29, 1.82) is 0 Å². The zero-order valence-corrected chi connectivity index (χ0v) is 36.5. The second-order valence-electron chi connectivity index (χ2n) is 23.2. The number of aliphatic hydroxyl groups is 6. The van der Waals surface area contributed by atoms with Gasteiger partial charge in [0, 0.05) is 23.3 Å². The number of hydrogen-bond donors (Lipinski definition) is 6. The third-order valence-electron chi connectivity index (χ3n) is 21.3. The van der Waals surface area contributed by atoms with E-state index in [-0.39, 0.29) is 46.2 Å². The number of ketones is 1. The smallest absolute Gasteiger partial charge is 0.159 e. The minimum Gasteiger partial charge on any atom is -0.394 e. The highest BCUT2D eigenvalue weighted by Crippen LogP contribution is 2.85. The number of allylic oxidation sites excluding steroid dienone is 3. The summed E-state index contributed by atoms with van der Waals surface area (Å²) in [6.45, 7) is 7.89. The fourth-order valence-electron chi connectivity index (χ4n) is 19.2. The lowest BCUT2D eigenvalue weighted by atomic mass is 9.26. The lowest BCUT2D eigenvalue weighted by Crippen LogP contribution is -2.78. The van der Waals surface area contributed by atoms with Gasteiger partial charge >= 0.3 is 0 Å². The molecule has 0 heterocycles. The van der Waals surface area contributed by atoms with E-state index >= 15 is 4.79 Å². The largest absolute Gasteiger partial charge is 0.394 e.